The van der Waals surface area contributed by atoms with E-state index in [2.05, 4.69) is 28.4 Å². The van der Waals surface area contributed by atoms with Crippen LogP contribution in [0.4, 0.5) is 0 Å². The molecule has 17 heavy (non-hydrogen) atoms. The van der Waals surface area contributed by atoms with Crippen LogP contribution in [0.1, 0.15) is 37.0 Å². The molecule has 1 atom stereocenters. The van der Waals surface area contributed by atoms with Gasteiger partial charge in [0.05, 0.1) is 29.8 Å². The van der Waals surface area contributed by atoms with E-state index in [1.807, 2.05) is 24.9 Å². The first-order valence-corrected chi connectivity index (χ1v) is 5.77. The Morgan fingerprint density at radius 3 is 2.76 bits per heavy atom. The molecule has 2 rings (SSSR count). The van der Waals surface area contributed by atoms with Crippen molar-refractivity contribution < 1.29 is 0 Å². The van der Waals surface area contributed by atoms with Gasteiger partial charge in [0.25, 0.3) is 0 Å². The molecule has 0 aromatic carbocycles. The van der Waals surface area contributed by atoms with Gasteiger partial charge in [0.15, 0.2) is 0 Å². The largest absolute Gasteiger partial charge is 0.323 e. The standard InChI is InChI=1S/C11H18N6/c1-4-9-5-10(16(3)14-9)6-17-7-11(8(2)12)13-15-17/h5,7-8H,4,6,12H2,1-3H3. The predicted octanol–water partition coefficient (Wildman–Crippen LogP) is 0.642. The Labute approximate surface area is 100 Å². The molecular formula is C11H18N6. The average Bonchev–Trinajstić information content (AvgIpc) is 2.87. The summed E-state index contributed by atoms with van der Waals surface area (Å²) in [5, 5.41) is 12.5. The second kappa shape index (κ2) is 4.67. The fraction of sp³-hybridized carbons (Fsp3) is 0.545. The van der Waals surface area contributed by atoms with E-state index in [-0.39, 0.29) is 6.04 Å². The molecule has 2 aromatic rings. The second-order valence-corrected chi connectivity index (χ2v) is 4.23. The zero-order valence-corrected chi connectivity index (χ0v) is 10.5. The number of hydrogen-bond acceptors (Lipinski definition) is 4. The SMILES string of the molecule is CCc1cc(Cn2cc(C(C)N)nn2)n(C)n1. The maximum absolute atomic E-state index is 5.74. The van der Waals surface area contributed by atoms with Crippen LogP contribution in [0.25, 0.3) is 0 Å². The third-order valence-corrected chi connectivity index (χ3v) is 2.74. The molecule has 1 unspecified atom stereocenters. The number of hydrogen-bond donors (Lipinski definition) is 1. The molecule has 92 valence electrons. The molecule has 0 aliphatic rings. The summed E-state index contributed by atoms with van der Waals surface area (Å²) in [7, 11) is 1.94. The van der Waals surface area contributed by atoms with E-state index in [0.717, 1.165) is 23.5 Å². The minimum Gasteiger partial charge on any atom is -0.323 e. The van der Waals surface area contributed by atoms with Crippen LogP contribution >= 0.6 is 0 Å². The maximum Gasteiger partial charge on any atom is 0.0991 e. The molecule has 2 aromatic heterocycles. The summed E-state index contributed by atoms with van der Waals surface area (Å²) in [6.07, 6.45) is 2.82. The summed E-state index contributed by atoms with van der Waals surface area (Å²) in [5.74, 6) is 0. The summed E-state index contributed by atoms with van der Waals surface area (Å²) in [5.41, 5.74) is 8.76. The Hall–Kier alpha value is -1.69. The van der Waals surface area contributed by atoms with Gasteiger partial charge in [0, 0.05) is 13.1 Å². The zero-order valence-electron chi connectivity index (χ0n) is 10.5. The van der Waals surface area contributed by atoms with Crippen LogP contribution in [0, 0.1) is 0 Å². The first kappa shape index (κ1) is 11.8. The van der Waals surface area contributed by atoms with Crippen molar-refractivity contribution in [2.75, 3.05) is 0 Å². The molecule has 0 fully saturated rings. The van der Waals surface area contributed by atoms with Crippen molar-refractivity contribution >= 4 is 0 Å². The highest BCUT2D eigenvalue weighted by Gasteiger charge is 2.08. The van der Waals surface area contributed by atoms with E-state index < -0.39 is 0 Å². The molecule has 0 saturated heterocycles. The van der Waals surface area contributed by atoms with Gasteiger partial charge < -0.3 is 5.73 Å². The molecule has 6 nitrogen and oxygen atoms in total. The van der Waals surface area contributed by atoms with Gasteiger partial charge in [-0.1, -0.05) is 12.1 Å². The fourth-order valence-corrected chi connectivity index (χ4v) is 1.66. The van der Waals surface area contributed by atoms with Crippen molar-refractivity contribution in [1.82, 2.24) is 24.8 Å². The molecule has 0 radical (unpaired) electrons. The van der Waals surface area contributed by atoms with Crippen molar-refractivity contribution in [3.8, 4) is 0 Å². The van der Waals surface area contributed by atoms with Crippen LogP contribution in [0.2, 0.25) is 0 Å². The molecule has 0 aliphatic carbocycles. The van der Waals surface area contributed by atoms with Gasteiger partial charge in [-0.25, -0.2) is 4.68 Å². The smallest absolute Gasteiger partial charge is 0.0991 e. The first-order chi connectivity index (χ1) is 8.10. The van der Waals surface area contributed by atoms with Gasteiger partial charge >= 0.3 is 0 Å². The lowest BCUT2D eigenvalue weighted by Gasteiger charge is -2.00. The minimum atomic E-state index is -0.0820. The Morgan fingerprint density at radius 1 is 1.47 bits per heavy atom. The molecule has 2 heterocycles. The molecular weight excluding hydrogens is 216 g/mol. The number of nitrogens with two attached hydrogens (primary N) is 1. The highest BCUT2D eigenvalue weighted by atomic mass is 15.4. The topological polar surface area (TPSA) is 74.6 Å². The lowest BCUT2D eigenvalue weighted by molar-refractivity contribution is 0.598. The number of rotatable bonds is 4. The van der Waals surface area contributed by atoms with Gasteiger partial charge in [-0.05, 0) is 19.4 Å². The van der Waals surface area contributed by atoms with Crippen molar-refractivity contribution in [2.24, 2.45) is 12.8 Å². The van der Waals surface area contributed by atoms with Crippen molar-refractivity contribution in [3.05, 3.63) is 29.3 Å². The molecule has 0 saturated carbocycles. The Kier molecular flexibility index (Phi) is 3.23. The summed E-state index contributed by atoms with van der Waals surface area (Å²) in [6.45, 7) is 4.66. The fourth-order valence-electron chi connectivity index (χ4n) is 1.66. The van der Waals surface area contributed by atoms with E-state index in [1.165, 1.54) is 0 Å². The normalized spacial score (nSPS) is 12.9. The van der Waals surface area contributed by atoms with Crippen LogP contribution in [-0.2, 0) is 20.0 Å². The predicted molar refractivity (Wildman–Crippen MR) is 64.3 cm³/mol. The molecule has 0 amide bonds. The van der Waals surface area contributed by atoms with Gasteiger partial charge in [0.2, 0.25) is 0 Å². The second-order valence-electron chi connectivity index (χ2n) is 4.23. The monoisotopic (exact) mass is 234 g/mol. The zero-order chi connectivity index (χ0) is 12.4. The third-order valence-electron chi connectivity index (χ3n) is 2.74. The van der Waals surface area contributed by atoms with Gasteiger partial charge in [-0.3, -0.25) is 4.68 Å². The summed E-state index contributed by atoms with van der Waals surface area (Å²) < 4.78 is 3.67. The molecule has 6 heteroatoms. The summed E-state index contributed by atoms with van der Waals surface area (Å²) in [6, 6.07) is 2.01. The van der Waals surface area contributed by atoms with E-state index in [1.54, 1.807) is 4.68 Å². The Bertz CT molecular complexity index is 496. The highest BCUT2D eigenvalue weighted by molar-refractivity contribution is 5.11. The lowest BCUT2D eigenvalue weighted by Crippen LogP contribution is -2.06. The van der Waals surface area contributed by atoms with Gasteiger partial charge in [-0.2, -0.15) is 5.10 Å². The minimum absolute atomic E-state index is 0.0820. The Morgan fingerprint density at radius 2 is 2.24 bits per heavy atom. The summed E-state index contributed by atoms with van der Waals surface area (Å²) >= 11 is 0. The van der Waals surface area contributed by atoms with Crippen molar-refractivity contribution in [2.45, 2.75) is 32.9 Å². The Balaban J connectivity index is 2.16. The molecule has 0 bridgehead atoms. The maximum atomic E-state index is 5.74. The van der Waals surface area contributed by atoms with Crippen LogP contribution in [0.3, 0.4) is 0 Å². The van der Waals surface area contributed by atoms with Gasteiger partial charge in [-0.15, -0.1) is 5.10 Å². The molecule has 0 spiro atoms. The van der Waals surface area contributed by atoms with Crippen LogP contribution < -0.4 is 5.73 Å². The van der Waals surface area contributed by atoms with E-state index in [0.29, 0.717) is 6.54 Å². The molecule has 2 N–H and O–H groups in total. The van der Waals surface area contributed by atoms with Crippen LogP contribution in [0.5, 0.6) is 0 Å². The summed E-state index contributed by atoms with van der Waals surface area (Å²) in [4.78, 5) is 0. The number of nitrogens with zero attached hydrogens (tertiary/aromatic N) is 5. The van der Waals surface area contributed by atoms with E-state index in [4.69, 9.17) is 5.73 Å². The highest BCUT2D eigenvalue weighted by Crippen LogP contribution is 2.08. The third kappa shape index (κ3) is 2.52. The average molecular weight is 234 g/mol. The van der Waals surface area contributed by atoms with E-state index >= 15 is 0 Å². The quantitative estimate of drug-likeness (QED) is 0.842. The van der Waals surface area contributed by atoms with Crippen molar-refractivity contribution in [3.63, 3.8) is 0 Å². The van der Waals surface area contributed by atoms with Gasteiger partial charge in [0.1, 0.15) is 0 Å². The number of aryl methyl sites for hydroxylation is 2. The lowest BCUT2D eigenvalue weighted by atomic mass is 10.3. The number of aromatic nitrogens is 5. The van der Waals surface area contributed by atoms with Crippen LogP contribution in [-0.4, -0.2) is 24.8 Å². The van der Waals surface area contributed by atoms with Crippen molar-refractivity contribution in [1.29, 1.82) is 0 Å². The molecule has 0 aliphatic heterocycles. The van der Waals surface area contributed by atoms with E-state index in [9.17, 15) is 0 Å². The first-order valence-electron chi connectivity index (χ1n) is 5.77. The van der Waals surface area contributed by atoms with Crippen LogP contribution in [0.15, 0.2) is 12.3 Å².